The molecular weight excluding hydrogens is 360 g/mol. The summed E-state index contributed by atoms with van der Waals surface area (Å²) in [6, 6.07) is 8.79. The van der Waals surface area contributed by atoms with E-state index < -0.39 is 18.1 Å². The number of hydrogen-bond acceptors (Lipinski definition) is 6. The number of hydrogen-bond donors (Lipinski definition) is 4. The number of aliphatic hydroxyl groups is 1. The summed E-state index contributed by atoms with van der Waals surface area (Å²) in [6.07, 6.45) is 0.514. The first-order chi connectivity index (χ1) is 13.5. The van der Waals surface area contributed by atoms with Crippen LogP contribution in [0.2, 0.25) is 0 Å². The van der Waals surface area contributed by atoms with Gasteiger partial charge in [0.2, 0.25) is 6.41 Å². The van der Waals surface area contributed by atoms with Crippen LogP contribution < -0.4 is 16.1 Å². The van der Waals surface area contributed by atoms with Crippen LogP contribution in [0.15, 0.2) is 42.6 Å². The third-order valence-electron chi connectivity index (χ3n) is 3.65. The predicted octanol–water partition coefficient (Wildman–Crippen LogP) is 0.285. The lowest BCUT2D eigenvalue weighted by molar-refractivity contribution is -0.134. The molecule has 0 bridgehead atoms. The molecule has 8 nitrogen and oxygen atoms in total. The number of nitrogen functional groups attached to an aromatic ring is 1. The molecule has 0 spiro atoms. The summed E-state index contributed by atoms with van der Waals surface area (Å²) in [5, 5.41) is 18.5. The van der Waals surface area contributed by atoms with Crippen molar-refractivity contribution in [3.05, 3.63) is 53.7 Å². The molecule has 1 aromatic carbocycles. The number of amides is 2. The van der Waals surface area contributed by atoms with E-state index in [1.165, 1.54) is 24.7 Å². The normalized spacial score (nSPS) is 11.7. The Morgan fingerprint density at radius 2 is 1.79 bits per heavy atom. The summed E-state index contributed by atoms with van der Waals surface area (Å²) in [5.74, 6) is 10.3. The average molecular weight is 378 g/mol. The Morgan fingerprint density at radius 3 is 2.29 bits per heavy atom. The van der Waals surface area contributed by atoms with Gasteiger partial charge in [-0.3, -0.25) is 19.7 Å². The summed E-state index contributed by atoms with van der Waals surface area (Å²) in [4.78, 5) is 28.1. The molecule has 0 aliphatic carbocycles. The number of pyridine rings is 1. The van der Waals surface area contributed by atoms with Gasteiger partial charge in [-0.05, 0) is 55.2 Å². The van der Waals surface area contributed by atoms with Crippen molar-refractivity contribution in [2.24, 2.45) is 0 Å². The first-order valence-electron chi connectivity index (χ1n) is 8.15. The highest BCUT2D eigenvalue weighted by molar-refractivity contribution is 5.91. The maximum absolute atomic E-state index is 11.7. The van der Waals surface area contributed by atoms with Crippen LogP contribution in [0.1, 0.15) is 18.1 Å². The lowest BCUT2D eigenvalue weighted by Gasteiger charge is -2.27. The molecule has 1 heterocycles. The fourth-order valence-corrected chi connectivity index (χ4v) is 2.29. The fourth-order valence-electron chi connectivity index (χ4n) is 2.29. The van der Waals surface area contributed by atoms with E-state index in [4.69, 9.17) is 10.9 Å². The number of anilines is 2. The van der Waals surface area contributed by atoms with Gasteiger partial charge in [0.15, 0.2) is 0 Å². The summed E-state index contributed by atoms with van der Waals surface area (Å²) in [7, 11) is 0. The number of rotatable bonds is 5. The molecule has 2 aromatic rings. The number of hydroxylamine groups is 1. The van der Waals surface area contributed by atoms with Gasteiger partial charge in [-0.25, -0.2) is 10.5 Å². The molecule has 8 heteroatoms. The van der Waals surface area contributed by atoms with E-state index in [0.717, 1.165) is 10.5 Å². The highest BCUT2D eigenvalue weighted by atomic mass is 16.5. The van der Waals surface area contributed by atoms with Crippen LogP contribution in [0.25, 0.3) is 0 Å². The standard InChI is InChI=1S/C20H18N4O4/c1-14(26)19(20(27)23-28)24(13-25)18-11-8-16(12-22-18)5-3-2-4-15-6-9-17(21)10-7-15/h6-14,19,26,28H,21H2,1H3,(H,23,27). The summed E-state index contributed by atoms with van der Waals surface area (Å²) in [5.41, 5.74) is 9.00. The molecule has 5 N–H and O–H groups in total. The van der Waals surface area contributed by atoms with Crippen LogP contribution in [-0.2, 0) is 9.59 Å². The number of carbonyl (C=O) groups excluding carboxylic acids is 2. The van der Waals surface area contributed by atoms with Crippen molar-refractivity contribution < 1.29 is 19.9 Å². The van der Waals surface area contributed by atoms with Crippen molar-refractivity contribution >= 4 is 23.8 Å². The Kier molecular flexibility index (Phi) is 7.12. The van der Waals surface area contributed by atoms with Crippen molar-refractivity contribution in [3.8, 4) is 23.7 Å². The zero-order valence-corrected chi connectivity index (χ0v) is 15.0. The molecule has 2 atom stereocenters. The van der Waals surface area contributed by atoms with Gasteiger partial charge in [-0.2, -0.15) is 0 Å². The SMILES string of the molecule is CC(O)C(C(=O)NO)N(C=O)c1ccc(C#CC#Cc2ccc(N)cc2)cn1. The summed E-state index contributed by atoms with van der Waals surface area (Å²) in [6.45, 7) is 1.32. The van der Waals surface area contributed by atoms with Crippen LogP contribution in [-0.4, -0.2) is 39.8 Å². The van der Waals surface area contributed by atoms with E-state index >= 15 is 0 Å². The fraction of sp³-hybridized carbons (Fsp3) is 0.150. The highest BCUT2D eigenvalue weighted by Gasteiger charge is 2.31. The second kappa shape index (κ2) is 9.74. The molecule has 0 radical (unpaired) electrons. The minimum Gasteiger partial charge on any atom is -0.399 e. The third kappa shape index (κ3) is 5.32. The van der Waals surface area contributed by atoms with Crippen molar-refractivity contribution in [2.45, 2.75) is 19.1 Å². The van der Waals surface area contributed by atoms with Crippen LogP contribution in [0.5, 0.6) is 0 Å². The number of carbonyl (C=O) groups is 2. The lowest BCUT2D eigenvalue weighted by atomic mass is 10.1. The third-order valence-corrected chi connectivity index (χ3v) is 3.65. The summed E-state index contributed by atoms with van der Waals surface area (Å²) < 4.78 is 0. The predicted molar refractivity (Wildman–Crippen MR) is 103 cm³/mol. The van der Waals surface area contributed by atoms with Gasteiger partial charge in [0.1, 0.15) is 11.9 Å². The maximum Gasteiger partial charge on any atom is 0.269 e. The van der Waals surface area contributed by atoms with E-state index in [1.807, 2.05) is 0 Å². The molecule has 0 saturated carbocycles. The Hall–Kier alpha value is -3.85. The van der Waals surface area contributed by atoms with Crippen LogP contribution >= 0.6 is 0 Å². The molecule has 2 unspecified atom stereocenters. The molecule has 2 rings (SSSR count). The number of nitrogens with two attached hydrogens (primary N) is 1. The summed E-state index contributed by atoms with van der Waals surface area (Å²) >= 11 is 0. The minimum atomic E-state index is -1.34. The van der Waals surface area contributed by atoms with E-state index in [0.29, 0.717) is 17.7 Å². The lowest BCUT2D eigenvalue weighted by Crippen LogP contribution is -2.52. The van der Waals surface area contributed by atoms with E-state index in [9.17, 15) is 14.7 Å². The van der Waals surface area contributed by atoms with E-state index in [1.54, 1.807) is 30.3 Å². The molecule has 1 aromatic heterocycles. The number of benzene rings is 1. The zero-order chi connectivity index (χ0) is 20.5. The number of nitrogens with zero attached hydrogens (tertiary/aromatic N) is 2. The molecular formula is C20H18N4O4. The number of aromatic nitrogens is 1. The Balaban J connectivity index is 2.15. The molecule has 2 amide bonds. The smallest absolute Gasteiger partial charge is 0.269 e. The second-order valence-corrected chi connectivity index (χ2v) is 5.70. The molecule has 0 aliphatic rings. The second-order valence-electron chi connectivity index (χ2n) is 5.70. The molecule has 0 fully saturated rings. The van der Waals surface area contributed by atoms with Gasteiger partial charge in [0.25, 0.3) is 5.91 Å². The quantitative estimate of drug-likeness (QED) is 0.195. The first kappa shape index (κ1) is 20.5. The Morgan fingerprint density at radius 1 is 1.18 bits per heavy atom. The topological polar surface area (TPSA) is 129 Å². The van der Waals surface area contributed by atoms with Gasteiger partial charge >= 0.3 is 0 Å². The maximum atomic E-state index is 11.7. The van der Waals surface area contributed by atoms with Crippen LogP contribution in [0, 0.1) is 23.7 Å². The van der Waals surface area contributed by atoms with E-state index in [2.05, 4.69) is 28.7 Å². The monoisotopic (exact) mass is 378 g/mol. The van der Waals surface area contributed by atoms with Crippen molar-refractivity contribution in [1.82, 2.24) is 10.5 Å². The molecule has 142 valence electrons. The van der Waals surface area contributed by atoms with Gasteiger partial charge in [-0.15, -0.1) is 0 Å². The van der Waals surface area contributed by atoms with Gasteiger partial charge in [0.05, 0.1) is 6.10 Å². The molecule has 0 aliphatic heterocycles. The van der Waals surface area contributed by atoms with Gasteiger partial charge in [0, 0.05) is 23.0 Å². The molecule has 28 heavy (non-hydrogen) atoms. The van der Waals surface area contributed by atoms with Crippen LogP contribution in [0.4, 0.5) is 11.5 Å². The van der Waals surface area contributed by atoms with Crippen molar-refractivity contribution in [3.63, 3.8) is 0 Å². The van der Waals surface area contributed by atoms with Gasteiger partial charge in [-0.1, -0.05) is 11.8 Å². The Bertz CT molecular complexity index is 948. The highest BCUT2D eigenvalue weighted by Crippen LogP contribution is 2.15. The van der Waals surface area contributed by atoms with Crippen LogP contribution in [0.3, 0.4) is 0 Å². The Labute approximate surface area is 162 Å². The van der Waals surface area contributed by atoms with Crippen molar-refractivity contribution in [2.75, 3.05) is 10.6 Å². The average Bonchev–Trinajstić information content (AvgIpc) is 2.70. The number of aliphatic hydroxyl groups excluding tert-OH is 1. The van der Waals surface area contributed by atoms with Crippen molar-refractivity contribution in [1.29, 1.82) is 0 Å². The zero-order valence-electron chi connectivity index (χ0n) is 15.0. The molecule has 0 saturated heterocycles. The van der Waals surface area contributed by atoms with E-state index in [-0.39, 0.29) is 5.82 Å². The first-order valence-corrected chi connectivity index (χ1v) is 8.15. The largest absolute Gasteiger partial charge is 0.399 e. The number of nitrogens with one attached hydrogen (secondary N) is 1. The minimum absolute atomic E-state index is 0.114. The van der Waals surface area contributed by atoms with Gasteiger partial charge < -0.3 is 10.8 Å².